The van der Waals surface area contributed by atoms with E-state index in [-0.39, 0.29) is 5.75 Å². The summed E-state index contributed by atoms with van der Waals surface area (Å²) in [5.41, 5.74) is 0.607. The van der Waals surface area contributed by atoms with Gasteiger partial charge >= 0.3 is 6.36 Å². The molecule has 0 aromatic heterocycles. The Morgan fingerprint density at radius 1 is 1.26 bits per heavy atom. The van der Waals surface area contributed by atoms with Gasteiger partial charge in [-0.15, -0.1) is 13.2 Å². The lowest BCUT2D eigenvalue weighted by Crippen LogP contribution is -2.33. The van der Waals surface area contributed by atoms with Crippen molar-refractivity contribution >= 4 is 17.3 Å². The molecule has 0 spiro atoms. The monoisotopic (exact) mass is 293 g/mol. The van der Waals surface area contributed by atoms with Crippen LogP contribution >= 0.6 is 11.6 Å². The lowest BCUT2D eigenvalue weighted by Gasteiger charge is -2.32. The lowest BCUT2D eigenvalue weighted by molar-refractivity contribution is -0.274. The predicted molar refractivity (Wildman–Crippen MR) is 68.7 cm³/mol. The molecular formula is C13H15ClF3NO. The average Bonchev–Trinajstić information content (AvgIpc) is 2.31. The standard InChI is InChI=1S/C13H15ClF3NO/c1-9-4-6-18(7-5-9)12-8-10(2-3-11(12)14)19-13(15,16)17/h2-3,8-9H,4-7H2,1H3. The summed E-state index contributed by atoms with van der Waals surface area (Å²) in [5.74, 6) is 0.412. The molecule has 0 unspecified atom stereocenters. The van der Waals surface area contributed by atoms with Gasteiger partial charge < -0.3 is 9.64 Å². The van der Waals surface area contributed by atoms with Crippen molar-refractivity contribution in [3.63, 3.8) is 0 Å². The number of rotatable bonds is 2. The van der Waals surface area contributed by atoms with Gasteiger partial charge in [0.2, 0.25) is 0 Å². The molecule has 1 aliphatic heterocycles. The van der Waals surface area contributed by atoms with Crippen LogP contribution < -0.4 is 9.64 Å². The second-order valence-corrected chi connectivity index (χ2v) is 5.24. The van der Waals surface area contributed by atoms with Crippen LogP contribution in [-0.4, -0.2) is 19.5 Å². The van der Waals surface area contributed by atoms with Crippen molar-refractivity contribution in [1.29, 1.82) is 0 Å². The molecule has 0 aliphatic carbocycles. The van der Waals surface area contributed by atoms with Crippen molar-refractivity contribution in [2.45, 2.75) is 26.1 Å². The predicted octanol–water partition coefficient (Wildman–Crippen LogP) is 4.47. The number of piperidine rings is 1. The molecule has 6 heteroatoms. The molecule has 1 fully saturated rings. The van der Waals surface area contributed by atoms with Crippen LogP contribution in [0.4, 0.5) is 18.9 Å². The number of nitrogens with zero attached hydrogens (tertiary/aromatic N) is 1. The van der Waals surface area contributed by atoms with E-state index in [4.69, 9.17) is 11.6 Å². The first-order valence-corrected chi connectivity index (χ1v) is 6.53. The van der Waals surface area contributed by atoms with E-state index in [9.17, 15) is 13.2 Å². The smallest absolute Gasteiger partial charge is 0.406 e. The zero-order valence-electron chi connectivity index (χ0n) is 10.5. The summed E-state index contributed by atoms with van der Waals surface area (Å²) < 4.78 is 40.5. The van der Waals surface area contributed by atoms with Crippen LogP contribution in [0.15, 0.2) is 18.2 Å². The van der Waals surface area contributed by atoms with Crippen LogP contribution in [0.3, 0.4) is 0 Å². The molecule has 1 aliphatic rings. The number of benzene rings is 1. The molecule has 19 heavy (non-hydrogen) atoms. The minimum Gasteiger partial charge on any atom is -0.406 e. The van der Waals surface area contributed by atoms with Gasteiger partial charge in [-0.3, -0.25) is 0 Å². The third-order valence-corrected chi connectivity index (χ3v) is 3.60. The fourth-order valence-electron chi connectivity index (χ4n) is 2.18. The first kappa shape index (κ1) is 14.3. The van der Waals surface area contributed by atoms with Crippen LogP contribution in [0, 0.1) is 5.92 Å². The molecule has 106 valence electrons. The maximum absolute atomic E-state index is 12.2. The van der Waals surface area contributed by atoms with E-state index in [2.05, 4.69) is 11.7 Å². The Kier molecular flexibility index (Phi) is 4.13. The molecule has 0 saturated carbocycles. The summed E-state index contributed by atoms with van der Waals surface area (Å²) in [5, 5.41) is 0.448. The molecule has 1 saturated heterocycles. The highest BCUT2D eigenvalue weighted by molar-refractivity contribution is 6.33. The number of ether oxygens (including phenoxy) is 1. The normalized spacial score (nSPS) is 17.6. The SMILES string of the molecule is CC1CCN(c2cc(OC(F)(F)F)ccc2Cl)CC1. The second-order valence-electron chi connectivity index (χ2n) is 4.83. The third kappa shape index (κ3) is 3.93. The largest absolute Gasteiger partial charge is 0.573 e. The Balaban J connectivity index is 2.17. The van der Waals surface area contributed by atoms with E-state index in [0.29, 0.717) is 16.6 Å². The quantitative estimate of drug-likeness (QED) is 0.797. The molecular weight excluding hydrogens is 279 g/mol. The third-order valence-electron chi connectivity index (χ3n) is 3.28. The summed E-state index contributed by atoms with van der Waals surface area (Å²) in [7, 11) is 0. The van der Waals surface area contributed by atoms with E-state index in [1.807, 2.05) is 4.90 Å². The molecule has 0 amide bonds. The summed E-state index contributed by atoms with van der Waals surface area (Å²) in [6.45, 7) is 3.77. The van der Waals surface area contributed by atoms with E-state index >= 15 is 0 Å². The highest BCUT2D eigenvalue weighted by Gasteiger charge is 2.31. The average molecular weight is 294 g/mol. The zero-order valence-corrected chi connectivity index (χ0v) is 11.3. The van der Waals surface area contributed by atoms with Crippen molar-refractivity contribution in [2.75, 3.05) is 18.0 Å². The molecule has 1 aromatic carbocycles. The van der Waals surface area contributed by atoms with E-state index < -0.39 is 6.36 Å². The molecule has 2 rings (SSSR count). The number of hydrogen-bond acceptors (Lipinski definition) is 2. The number of hydrogen-bond donors (Lipinski definition) is 0. The van der Waals surface area contributed by atoms with Gasteiger partial charge in [0, 0.05) is 19.2 Å². The van der Waals surface area contributed by atoms with Gasteiger partial charge in [0.1, 0.15) is 5.75 Å². The van der Waals surface area contributed by atoms with Crippen LogP contribution in [0.2, 0.25) is 5.02 Å². The Labute approximate surface area is 115 Å². The highest BCUT2D eigenvalue weighted by atomic mass is 35.5. The summed E-state index contributed by atoms with van der Waals surface area (Å²) in [6.07, 6.45) is -2.65. The Morgan fingerprint density at radius 3 is 2.47 bits per heavy atom. The van der Waals surface area contributed by atoms with Crippen LogP contribution in [0.25, 0.3) is 0 Å². The first-order chi connectivity index (χ1) is 8.85. The summed E-state index contributed by atoms with van der Waals surface area (Å²) >= 11 is 6.06. The summed E-state index contributed by atoms with van der Waals surface area (Å²) in [4.78, 5) is 2.01. The Bertz CT molecular complexity index is 442. The van der Waals surface area contributed by atoms with Gasteiger partial charge in [0.15, 0.2) is 0 Å². The van der Waals surface area contributed by atoms with Gasteiger partial charge in [0.05, 0.1) is 10.7 Å². The van der Waals surface area contributed by atoms with Gasteiger partial charge in [-0.25, -0.2) is 0 Å². The number of halogens is 4. The minimum absolute atomic E-state index is 0.231. The van der Waals surface area contributed by atoms with E-state index in [1.165, 1.54) is 18.2 Å². The van der Waals surface area contributed by atoms with Crippen molar-refractivity contribution in [3.8, 4) is 5.75 Å². The fraction of sp³-hybridized carbons (Fsp3) is 0.538. The van der Waals surface area contributed by atoms with E-state index in [0.717, 1.165) is 25.9 Å². The van der Waals surface area contributed by atoms with Gasteiger partial charge in [0.25, 0.3) is 0 Å². The molecule has 2 nitrogen and oxygen atoms in total. The van der Waals surface area contributed by atoms with Crippen LogP contribution in [-0.2, 0) is 0 Å². The first-order valence-electron chi connectivity index (χ1n) is 6.15. The summed E-state index contributed by atoms with van der Waals surface area (Å²) in [6, 6.07) is 4.02. The highest BCUT2D eigenvalue weighted by Crippen LogP contribution is 2.34. The van der Waals surface area contributed by atoms with Crippen molar-refractivity contribution < 1.29 is 17.9 Å². The van der Waals surface area contributed by atoms with Crippen molar-refractivity contribution in [2.24, 2.45) is 5.92 Å². The van der Waals surface area contributed by atoms with E-state index in [1.54, 1.807) is 0 Å². The topological polar surface area (TPSA) is 12.5 Å². The van der Waals surface area contributed by atoms with Gasteiger partial charge in [-0.05, 0) is 30.9 Å². The fourth-order valence-corrected chi connectivity index (χ4v) is 2.42. The molecule has 1 aromatic rings. The van der Waals surface area contributed by atoms with Crippen LogP contribution in [0.5, 0.6) is 5.75 Å². The maximum atomic E-state index is 12.2. The van der Waals surface area contributed by atoms with Gasteiger partial charge in [-0.2, -0.15) is 0 Å². The zero-order chi connectivity index (χ0) is 14.0. The second kappa shape index (κ2) is 5.49. The van der Waals surface area contributed by atoms with Crippen LogP contribution in [0.1, 0.15) is 19.8 Å². The number of anilines is 1. The van der Waals surface area contributed by atoms with Crippen molar-refractivity contribution in [3.05, 3.63) is 23.2 Å². The molecule has 0 atom stereocenters. The Morgan fingerprint density at radius 2 is 1.89 bits per heavy atom. The Hall–Kier alpha value is -1.10. The molecule has 0 radical (unpaired) electrons. The lowest BCUT2D eigenvalue weighted by atomic mass is 9.99. The maximum Gasteiger partial charge on any atom is 0.573 e. The van der Waals surface area contributed by atoms with Gasteiger partial charge in [-0.1, -0.05) is 18.5 Å². The minimum atomic E-state index is -4.68. The number of alkyl halides is 3. The molecule has 1 heterocycles. The molecule has 0 bridgehead atoms. The van der Waals surface area contributed by atoms with Crippen molar-refractivity contribution in [1.82, 2.24) is 0 Å². The molecule has 0 N–H and O–H groups in total.